The van der Waals surface area contributed by atoms with E-state index in [0.717, 1.165) is 36.9 Å². The van der Waals surface area contributed by atoms with Crippen molar-refractivity contribution in [3.8, 4) is 12.3 Å². The van der Waals surface area contributed by atoms with Crippen LogP contribution in [0, 0.1) is 29.6 Å². The molecule has 1 aliphatic heterocycles. The lowest BCUT2D eigenvalue weighted by atomic mass is 9.62. The first kappa shape index (κ1) is 21.5. The van der Waals surface area contributed by atoms with Gasteiger partial charge in [0.1, 0.15) is 11.7 Å². The molecule has 5 unspecified atom stereocenters. The summed E-state index contributed by atoms with van der Waals surface area (Å²) < 4.78 is 6.71. The lowest BCUT2D eigenvalue weighted by Crippen LogP contribution is -2.48. The van der Waals surface area contributed by atoms with E-state index in [2.05, 4.69) is 42.0 Å². The van der Waals surface area contributed by atoms with E-state index in [0.29, 0.717) is 25.4 Å². The fourth-order valence-electron chi connectivity index (χ4n) is 6.73. The topological polar surface area (TPSA) is 49.8 Å². The van der Waals surface area contributed by atoms with Crippen molar-refractivity contribution in [1.29, 1.82) is 0 Å². The second-order valence-corrected chi connectivity index (χ2v) is 10.5. The molecule has 0 aromatic heterocycles. The average Bonchev–Trinajstić information content (AvgIpc) is 2.96. The van der Waals surface area contributed by atoms with Crippen LogP contribution in [-0.2, 0) is 9.53 Å². The molecular formula is C28H33NO3. The van der Waals surface area contributed by atoms with E-state index < -0.39 is 11.0 Å². The lowest BCUT2D eigenvalue weighted by molar-refractivity contribution is -0.114. The van der Waals surface area contributed by atoms with Gasteiger partial charge in [0.2, 0.25) is 0 Å². The van der Waals surface area contributed by atoms with Gasteiger partial charge in [-0.25, -0.2) is 0 Å². The number of anilines is 1. The number of rotatable bonds is 2. The summed E-state index contributed by atoms with van der Waals surface area (Å²) >= 11 is 0. The minimum atomic E-state index is -1.14. The molecule has 5 rings (SSSR count). The third kappa shape index (κ3) is 3.10. The van der Waals surface area contributed by atoms with Crippen LogP contribution in [0.25, 0.3) is 0 Å². The highest BCUT2D eigenvalue weighted by atomic mass is 16.5. The third-order valence-corrected chi connectivity index (χ3v) is 8.67. The summed E-state index contributed by atoms with van der Waals surface area (Å²) in [6.07, 6.45) is 12.3. The number of hydrogen-bond donors (Lipinski definition) is 1. The highest BCUT2D eigenvalue weighted by Crippen LogP contribution is 2.61. The molecule has 5 atom stereocenters. The Labute approximate surface area is 191 Å². The van der Waals surface area contributed by atoms with Crippen LogP contribution in [0.1, 0.15) is 57.1 Å². The van der Waals surface area contributed by atoms with Crippen molar-refractivity contribution in [1.82, 2.24) is 0 Å². The molecule has 2 fully saturated rings. The molecule has 1 aromatic rings. The van der Waals surface area contributed by atoms with Crippen LogP contribution >= 0.6 is 0 Å². The Balaban J connectivity index is 1.66. The van der Waals surface area contributed by atoms with Crippen LogP contribution in [0.15, 0.2) is 47.1 Å². The second-order valence-electron chi connectivity index (χ2n) is 10.5. The zero-order valence-electron chi connectivity index (χ0n) is 19.4. The largest absolute Gasteiger partial charge is 0.378 e. The fraction of sp³-hybridized carbons (Fsp3) is 0.536. The molecule has 0 amide bonds. The molecule has 0 radical (unpaired) electrons. The van der Waals surface area contributed by atoms with Gasteiger partial charge in [0.15, 0.2) is 5.78 Å². The molecule has 4 nitrogen and oxygen atoms in total. The van der Waals surface area contributed by atoms with Gasteiger partial charge in [-0.2, -0.15) is 0 Å². The minimum absolute atomic E-state index is 0.174. The number of allylic oxidation sites excluding steroid dienone is 3. The molecule has 32 heavy (non-hydrogen) atoms. The summed E-state index contributed by atoms with van der Waals surface area (Å²) in [7, 11) is 4.08. The number of carbonyl (C=O) groups is 1. The number of carbonyl (C=O) groups excluding carboxylic acids is 1. The van der Waals surface area contributed by atoms with Gasteiger partial charge in [0.25, 0.3) is 0 Å². The van der Waals surface area contributed by atoms with Gasteiger partial charge in [0.05, 0.1) is 6.61 Å². The Morgan fingerprint density at radius 3 is 2.59 bits per heavy atom. The Bertz CT molecular complexity index is 1040. The summed E-state index contributed by atoms with van der Waals surface area (Å²) in [6, 6.07) is 8.59. The van der Waals surface area contributed by atoms with Crippen LogP contribution in [0.3, 0.4) is 0 Å². The fourth-order valence-corrected chi connectivity index (χ4v) is 6.73. The van der Waals surface area contributed by atoms with Gasteiger partial charge in [-0.1, -0.05) is 25.0 Å². The third-order valence-electron chi connectivity index (χ3n) is 8.67. The van der Waals surface area contributed by atoms with Gasteiger partial charge < -0.3 is 14.7 Å². The van der Waals surface area contributed by atoms with Crippen LogP contribution in [0.2, 0.25) is 0 Å². The SMILES string of the molecule is C#CC1(O)CCC2C3CCC4=CC(=O)CCC4=C3C(c3ccc(N(C)C)cc3)OCC21C. The predicted octanol–water partition coefficient (Wildman–Crippen LogP) is 4.60. The van der Waals surface area contributed by atoms with Gasteiger partial charge >= 0.3 is 0 Å². The molecule has 0 bridgehead atoms. The maximum Gasteiger partial charge on any atom is 0.156 e. The van der Waals surface area contributed by atoms with E-state index in [4.69, 9.17) is 11.2 Å². The van der Waals surface area contributed by atoms with E-state index in [1.807, 2.05) is 20.2 Å². The number of aliphatic hydroxyl groups is 1. The molecule has 1 aromatic carbocycles. The first-order valence-corrected chi connectivity index (χ1v) is 11.8. The maximum absolute atomic E-state index is 12.2. The quantitative estimate of drug-likeness (QED) is 0.696. The van der Waals surface area contributed by atoms with Crippen molar-refractivity contribution in [2.45, 2.75) is 57.2 Å². The molecule has 0 spiro atoms. The highest BCUT2D eigenvalue weighted by molar-refractivity contribution is 5.93. The molecule has 3 aliphatic carbocycles. The monoisotopic (exact) mass is 431 g/mol. The molecule has 1 saturated heterocycles. The molecule has 168 valence electrons. The molecule has 1 heterocycles. The summed E-state index contributed by atoms with van der Waals surface area (Å²) in [6.45, 7) is 2.56. The molecule has 4 aliphatic rings. The maximum atomic E-state index is 12.2. The van der Waals surface area contributed by atoms with E-state index in [1.54, 1.807) is 0 Å². The second kappa shape index (κ2) is 7.61. The molecule has 1 N–H and O–H groups in total. The van der Waals surface area contributed by atoms with Crippen LogP contribution < -0.4 is 4.90 Å². The van der Waals surface area contributed by atoms with Crippen molar-refractivity contribution < 1.29 is 14.6 Å². The lowest BCUT2D eigenvalue weighted by Gasteiger charge is -2.42. The Morgan fingerprint density at radius 2 is 1.91 bits per heavy atom. The predicted molar refractivity (Wildman–Crippen MR) is 126 cm³/mol. The van der Waals surface area contributed by atoms with Gasteiger partial charge in [0, 0.05) is 31.6 Å². The molecule has 4 heteroatoms. The Morgan fingerprint density at radius 1 is 1.16 bits per heavy atom. The van der Waals surface area contributed by atoms with Gasteiger partial charge in [-0.15, -0.1) is 6.42 Å². The standard InChI is InChI=1S/C28H33NO3/c1-5-28(31)15-14-24-23-12-8-19-16-21(30)11-13-22(19)25(23)26(32-17-27(24,28)2)18-6-9-20(10-7-18)29(3)4/h1,6-7,9-10,16,23-24,26,31H,8,11-15,17H2,2-4H3. The minimum Gasteiger partial charge on any atom is -0.378 e. The number of terminal acetylenes is 1. The van der Waals surface area contributed by atoms with E-state index in [-0.39, 0.29) is 17.8 Å². The highest BCUT2D eigenvalue weighted by Gasteiger charge is 2.61. The summed E-state index contributed by atoms with van der Waals surface area (Å²) in [5.74, 6) is 3.55. The summed E-state index contributed by atoms with van der Waals surface area (Å²) in [4.78, 5) is 14.3. The van der Waals surface area contributed by atoms with Gasteiger partial charge in [-0.05, 0) is 84.4 Å². The Kier molecular flexibility index (Phi) is 5.11. The zero-order valence-corrected chi connectivity index (χ0v) is 19.4. The van der Waals surface area contributed by atoms with E-state index in [9.17, 15) is 9.90 Å². The van der Waals surface area contributed by atoms with Crippen molar-refractivity contribution in [3.05, 3.63) is 52.6 Å². The van der Waals surface area contributed by atoms with E-state index >= 15 is 0 Å². The number of ether oxygens (including phenoxy) is 1. The number of hydrogen-bond acceptors (Lipinski definition) is 4. The average molecular weight is 432 g/mol. The van der Waals surface area contributed by atoms with Crippen molar-refractivity contribution >= 4 is 11.5 Å². The van der Waals surface area contributed by atoms with Crippen molar-refractivity contribution in [2.24, 2.45) is 17.3 Å². The molecular weight excluding hydrogens is 398 g/mol. The van der Waals surface area contributed by atoms with Crippen LogP contribution in [0.5, 0.6) is 0 Å². The first-order valence-electron chi connectivity index (χ1n) is 11.8. The zero-order chi connectivity index (χ0) is 22.7. The summed E-state index contributed by atoms with van der Waals surface area (Å²) in [5.41, 5.74) is 4.51. The number of fused-ring (bicyclic) bond motifs is 4. The van der Waals surface area contributed by atoms with Gasteiger partial charge in [-0.3, -0.25) is 4.79 Å². The summed E-state index contributed by atoms with van der Waals surface area (Å²) in [5, 5.41) is 11.4. The Hall–Kier alpha value is -2.35. The number of nitrogens with zero attached hydrogens (tertiary/aromatic N) is 1. The van der Waals surface area contributed by atoms with E-state index in [1.165, 1.54) is 16.7 Å². The number of ketones is 1. The van der Waals surface area contributed by atoms with Crippen molar-refractivity contribution in [3.63, 3.8) is 0 Å². The normalized spacial score (nSPS) is 36.4. The van der Waals surface area contributed by atoms with Crippen LogP contribution in [0.4, 0.5) is 5.69 Å². The van der Waals surface area contributed by atoms with Crippen LogP contribution in [-0.4, -0.2) is 37.2 Å². The number of benzene rings is 1. The molecule has 1 saturated carbocycles. The smallest absolute Gasteiger partial charge is 0.156 e. The first-order chi connectivity index (χ1) is 15.3. The van der Waals surface area contributed by atoms with Crippen molar-refractivity contribution in [2.75, 3.05) is 25.6 Å².